The molecule has 0 aromatic carbocycles. The smallest absolute Gasteiger partial charge is 0.306 e. The lowest BCUT2D eigenvalue weighted by Gasteiger charge is -2.37. The summed E-state index contributed by atoms with van der Waals surface area (Å²) in [4.78, 5) is 14.3. The van der Waals surface area contributed by atoms with Crippen LogP contribution in [0.4, 0.5) is 8.78 Å². The summed E-state index contributed by atoms with van der Waals surface area (Å²) < 4.78 is 31.8. The zero-order valence-electron chi connectivity index (χ0n) is 8.61. The number of rotatable bonds is 2. The summed E-state index contributed by atoms with van der Waals surface area (Å²) in [6.07, 6.45) is 0.207. The molecular weight excluding hydrogens is 222 g/mol. The van der Waals surface area contributed by atoms with Crippen LogP contribution >= 0.6 is 0 Å². The fraction of sp³-hybridized carbons (Fsp3) is 0.778. The molecule has 2 aliphatic rings. The first-order valence-electron chi connectivity index (χ1n) is 4.87. The number of carboxylic acid groups (broad SMARTS) is 1. The fourth-order valence-corrected chi connectivity index (χ4v) is 2.10. The van der Waals surface area contributed by atoms with E-state index >= 15 is 0 Å². The molecule has 0 saturated heterocycles. The van der Waals surface area contributed by atoms with Gasteiger partial charge in [-0.15, -0.1) is 0 Å². The van der Waals surface area contributed by atoms with Crippen LogP contribution in [-0.2, 0) is 9.53 Å². The molecule has 5 nitrogen and oxygen atoms in total. The first-order valence-corrected chi connectivity index (χ1v) is 4.87. The zero-order chi connectivity index (χ0) is 12.1. The molecule has 0 aromatic rings. The van der Waals surface area contributed by atoms with Crippen LogP contribution in [-0.4, -0.2) is 35.2 Å². The average molecular weight is 234 g/mol. The van der Waals surface area contributed by atoms with Gasteiger partial charge in [0.25, 0.3) is 6.02 Å². The Balaban J connectivity index is 2.29. The van der Waals surface area contributed by atoms with Gasteiger partial charge in [-0.25, -0.2) is 13.8 Å². The standard InChI is InChI=1S/C9H12F2N2O3/c1-8(5-2-4(5)6(14)15)9(10,11)3-16-7(12)13-8/h4-5H,2-3H2,1H3,(H2,12,13)(H,14,15)/t4-,5-,8+/m0/s1. The van der Waals surface area contributed by atoms with E-state index in [1.165, 1.54) is 6.92 Å². The summed E-state index contributed by atoms with van der Waals surface area (Å²) in [6.45, 7) is 0.387. The van der Waals surface area contributed by atoms with Crippen LogP contribution in [0.2, 0.25) is 0 Å². The van der Waals surface area contributed by atoms with E-state index in [4.69, 9.17) is 10.8 Å². The van der Waals surface area contributed by atoms with Crippen LogP contribution in [0.1, 0.15) is 13.3 Å². The van der Waals surface area contributed by atoms with Crippen molar-refractivity contribution in [2.75, 3.05) is 6.61 Å². The van der Waals surface area contributed by atoms with E-state index in [1.54, 1.807) is 0 Å². The summed E-state index contributed by atoms with van der Waals surface area (Å²) in [6, 6.07) is -0.301. The third-order valence-corrected chi connectivity index (χ3v) is 3.31. The van der Waals surface area contributed by atoms with Crippen molar-refractivity contribution in [2.24, 2.45) is 22.6 Å². The minimum atomic E-state index is -3.19. The van der Waals surface area contributed by atoms with Crippen LogP contribution in [0, 0.1) is 11.8 Å². The van der Waals surface area contributed by atoms with Crippen LogP contribution < -0.4 is 5.73 Å². The van der Waals surface area contributed by atoms with Gasteiger partial charge in [0.15, 0.2) is 6.61 Å². The van der Waals surface area contributed by atoms with Crippen LogP contribution in [0.15, 0.2) is 4.99 Å². The molecule has 1 aliphatic carbocycles. The maximum Gasteiger partial charge on any atom is 0.306 e. The number of amidine groups is 1. The summed E-state index contributed by atoms with van der Waals surface area (Å²) in [5.41, 5.74) is 3.50. The van der Waals surface area contributed by atoms with Gasteiger partial charge < -0.3 is 15.6 Å². The molecule has 2 rings (SSSR count). The molecule has 3 atom stereocenters. The number of alkyl halides is 2. The van der Waals surface area contributed by atoms with E-state index in [0.717, 1.165) is 0 Å². The molecule has 90 valence electrons. The predicted octanol–water partition coefficient (Wildman–Crippen LogP) is 0.446. The topological polar surface area (TPSA) is 84.9 Å². The maximum absolute atomic E-state index is 13.7. The predicted molar refractivity (Wildman–Crippen MR) is 50.2 cm³/mol. The Morgan fingerprint density at radius 2 is 2.31 bits per heavy atom. The molecule has 0 amide bonds. The molecule has 0 aromatic heterocycles. The van der Waals surface area contributed by atoms with Gasteiger partial charge >= 0.3 is 11.9 Å². The first kappa shape index (κ1) is 11.1. The lowest BCUT2D eigenvalue weighted by molar-refractivity contribution is -0.142. The Morgan fingerprint density at radius 1 is 1.69 bits per heavy atom. The van der Waals surface area contributed by atoms with Gasteiger partial charge in [-0.05, 0) is 13.3 Å². The Morgan fingerprint density at radius 3 is 2.81 bits per heavy atom. The van der Waals surface area contributed by atoms with Crippen molar-refractivity contribution in [3.05, 3.63) is 0 Å². The van der Waals surface area contributed by atoms with Gasteiger partial charge in [0.1, 0.15) is 5.54 Å². The van der Waals surface area contributed by atoms with Gasteiger partial charge in [-0.2, -0.15) is 0 Å². The normalized spacial score (nSPS) is 40.8. The molecule has 3 N–H and O–H groups in total. The number of nitrogens with two attached hydrogens (primary N) is 1. The van der Waals surface area contributed by atoms with Crippen LogP contribution in [0.25, 0.3) is 0 Å². The number of hydrogen-bond donors (Lipinski definition) is 2. The highest BCUT2D eigenvalue weighted by atomic mass is 19.3. The summed E-state index contributed by atoms with van der Waals surface area (Å²) >= 11 is 0. The number of nitrogens with zero attached hydrogens (tertiary/aromatic N) is 1. The lowest BCUT2D eigenvalue weighted by atomic mass is 9.87. The van der Waals surface area contributed by atoms with Crippen molar-refractivity contribution in [3.8, 4) is 0 Å². The first-order chi connectivity index (χ1) is 7.28. The van der Waals surface area contributed by atoms with Gasteiger partial charge in [-0.1, -0.05) is 0 Å². The number of ether oxygens (including phenoxy) is 1. The fourth-order valence-electron chi connectivity index (χ4n) is 2.10. The molecule has 0 radical (unpaired) electrons. The van der Waals surface area contributed by atoms with E-state index in [0.29, 0.717) is 0 Å². The summed E-state index contributed by atoms with van der Waals surface area (Å²) in [5, 5.41) is 8.75. The molecular formula is C9H12F2N2O3. The quantitative estimate of drug-likeness (QED) is 0.726. The molecule has 7 heteroatoms. The number of halogens is 2. The Bertz CT molecular complexity index is 372. The van der Waals surface area contributed by atoms with Crippen molar-refractivity contribution in [2.45, 2.75) is 24.8 Å². The monoisotopic (exact) mass is 234 g/mol. The van der Waals surface area contributed by atoms with E-state index in [1.807, 2.05) is 0 Å². The van der Waals surface area contributed by atoms with Gasteiger partial charge in [-0.3, -0.25) is 4.79 Å². The second kappa shape index (κ2) is 3.05. The number of hydrogen-bond acceptors (Lipinski definition) is 4. The Hall–Kier alpha value is -1.40. The lowest BCUT2D eigenvalue weighted by Crippen LogP contribution is -2.54. The third-order valence-electron chi connectivity index (χ3n) is 3.31. The highest BCUT2D eigenvalue weighted by Gasteiger charge is 2.66. The Labute approximate surface area is 90.3 Å². The molecule has 1 heterocycles. The number of carboxylic acids is 1. The molecule has 1 aliphatic heterocycles. The zero-order valence-corrected chi connectivity index (χ0v) is 8.61. The molecule has 0 unspecified atom stereocenters. The van der Waals surface area contributed by atoms with Crippen LogP contribution in [0.5, 0.6) is 0 Å². The maximum atomic E-state index is 13.7. The summed E-state index contributed by atoms with van der Waals surface area (Å²) in [7, 11) is 0. The van der Waals surface area contributed by atoms with E-state index in [2.05, 4.69) is 9.73 Å². The van der Waals surface area contributed by atoms with Crippen molar-refractivity contribution in [3.63, 3.8) is 0 Å². The van der Waals surface area contributed by atoms with Crippen molar-refractivity contribution >= 4 is 12.0 Å². The molecule has 1 saturated carbocycles. The minimum absolute atomic E-state index is 0.207. The largest absolute Gasteiger partial charge is 0.481 e. The average Bonchev–Trinajstić information content (AvgIpc) is 2.92. The van der Waals surface area contributed by atoms with Crippen LogP contribution in [0.3, 0.4) is 0 Å². The SMILES string of the molecule is C[C@]1([C@H]2C[C@@H]2C(=O)O)N=C(N)OCC1(F)F. The molecule has 1 fully saturated rings. The Kier molecular flexibility index (Phi) is 2.12. The minimum Gasteiger partial charge on any atom is -0.481 e. The highest BCUT2D eigenvalue weighted by Crippen LogP contribution is 2.55. The van der Waals surface area contributed by atoms with Crippen molar-refractivity contribution in [1.82, 2.24) is 0 Å². The van der Waals surface area contributed by atoms with E-state index in [9.17, 15) is 13.6 Å². The number of aliphatic imine (C=N–C) groups is 1. The van der Waals surface area contributed by atoms with Crippen molar-refractivity contribution in [1.29, 1.82) is 0 Å². The number of aliphatic carboxylic acids is 1. The van der Waals surface area contributed by atoms with E-state index < -0.39 is 35.9 Å². The van der Waals surface area contributed by atoms with Gasteiger partial charge in [0, 0.05) is 5.92 Å². The summed E-state index contributed by atoms with van der Waals surface area (Å²) in [5.74, 6) is -5.69. The third kappa shape index (κ3) is 1.42. The number of carbonyl (C=O) groups is 1. The second-order valence-electron chi connectivity index (χ2n) is 4.38. The second-order valence-corrected chi connectivity index (χ2v) is 4.38. The molecule has 16 heavy (non-hydrogen) atoms. The molecule has 0 bridgehead atoms. The molecule has 0 spiro atoms. The van der Waals surface area contributed by atoms with E-state index in [-0.39, 0.29) is 12.4 Å². The van der Waals surface area contributed by atoms with Crippen molar-refractivity contribution < 1.29 is 23.4 Å². The van der Waals surface area contributed by atoms with Gasteiger partial charge in [0.05, 0.1) is 5.92 Å². The highest BCUT2D eigenvalue weighted by molar-refractivity contribution is 5.76. The van der Waals surface area contributed by atoms with Gasteiger partial charge in [0.2, 0.25) is 0 Å².